The molecule has 0 bridgehead atoms. The van der Waals surface area contributed by atoms with E-state index in [-0.39, 0.29) is 0 Å². The number of ketones is 1. The van der Waals surface area contributed by atoms with E-state index in [0.717, 1.165) is 18.1 Å². The number of Topliss-reactive ketones (excluding diaryl/α,β-unsaturated/α-hetero) is 1. The molecule has 16 heavy (non-hydrogen) atoms. The van der Waals surface area contributed by atoms with Crippen molar-refractivity contribution in [2.45, 2.75) is 25.8 Å². The second-order valence-electron chi connectivity index (χ2n) is 4.31. The molecule has 1 aromatic rings. The van der Waals surface area contributed by atoms with Gasteiger partial charge in [-0.1, -0.05) is 23.7 Å². The van der Waals surface area contributed by atoms with Gasteiger partial charge in [0.2, 0.25) is 0 Å². The van der Waals surface area contributed by atoms with Gasteiger partial charge in [0.1, 0.15) is 5.78 Å². The molecular formula is C13H16ClNO. The summed E-state index contributed by atoms with van der Waals surface area (Å²) in [7, 11) is 0. The number of likely N-dealkylation sites (tertiary alicyclic amines) is 1. The zero-order valence-electron chi connectivity index (χ0n) is 9.45. The second kappa shape index (κ2) is 4.98. The Morgan fingerprint density at radius 1 is 1.31 bits per heavy atom. The lowest BCUT2D eigenvalue weighted by Crippen LogP contribution is -2.35. The first-order valence-corrected chi connectivity index (χ1v) is 6.06. The van der Waals surface area contributed by atoms with Crippen LogP contribution >= 0.6 is 11.6 Å². The molecule has 1 unspecified atom stereocenters. The normalized spacial score (nSPS) is 19.8. The van der Waals surface area contributed by atoms with Crippen LogP contribution in [0.3, 0.4) is 0 Å². The van der Waals surface area contributed by atoms with Gasteiger partial charge in [-0.15, -0.1) is 0 Å². The van der Waals surface area contributed by atoms with Crippen molar-refractivity contribution in [1.29, 1.82) is 0 Å². The molecule has 1 fully saturated rings. The molecule has 1 heterocycles. The average molecular weight is 238 g/mol. The van der Waals surface area contributed by atoms with E-state index < -0.39 is 0 Å². The molecule has 2 rings (SSSR count). The summed E-state index contributed by atoms with van der Waals surface area (Å²) in [5.41, 5.74) is 1.22. The largest absolute Gasteiger partial charge is 0.300 e. The maximum atomic E-state index is 11.2. The summed E-state index contributed by atoms with van der Waals surface area (Å²) >= 11 is 5.98. The number of hydrogen-bond acceptors (Lipinski definition) is 2. The van der Waals surface area contributed by atoms with Gasteiger partial charge in [0.05, 0.1) is 0 Å². The third-order valence-corrected chi connectivity index (χ3v) is 3.47. The maximum absolute atomic E-state index is 11.2. The zero-order chi connectivity index (χ0) is 11.5. The van der Waals surface area contributed by atoms with E-state index in [1.165, 1.54) is 5.56 Å². The van der Waals surface area contributed by atoms with Crippen LogP contribution in [0.25, 0.3) is 0 Å². The number of carbonyl (C=O) groups is 1. The standard InChI is InChI=1S/C13H16ClNO/c1-10(11-3-2-4-12(14)9-11)15-7-5-13(16)6-8-15/h2-4,9-10H,5-8H2,1H3. The third-order valence-electron chi connectivity index (χ3n) is 3.23. The van der Waals surface area contributed by atoms with E-state index in [9.17, 15) is 4.79 Å². The number of piperidine rings is 1. The highest BCUT2D eigenvalue weighted by molar-refractivity contribution is 6.30. The van der Waals surface area contributed by atoms with Gasteiger partial charge in [-0.05, 0) is 24.6 Å². The highest BCUT2D eigenvalue weighted by Crippen LogP contribution is 2.24. The molecule has 0 spiro atoms. The van der Waals surface area contributed by atoms with Crippen molar-refractivity contribution in [2.24, 2.45) is 0 Å². The Bertz CT molecular complexity index is 381. The summed E-state index contributed by atoms with van der Waals surface area (Å²) in [6, 6.07) is 8.29. The molecule has 3 heteroatoms. The second-order valence-corrected chi connectivity index (χ2v) is 4.74. The summed E-state index contributed by atoms with van der Waals surface area (Å²) in [5.74, 6) is 0.384. The molecule has 1 atom stereocenters. The molecule has 1 aliphatic heterocycles. The van der Waals surface area contributed by atoms with E-state index in [0.29, 0.717) is 24.7 Å². The van der Waals surface area contributed by atoms with Crippen molar-refractivity contribution in [3.63, 3.8) is 0 Å². The smallest absolute Gasteiger partial charge is 0.135 e. The first-order chi connectivity index (χ1) is 7.66. The summed E-state index contributed by atoms with van der Waals surface area (Å²) in [6.45, 7) is 3.90. The van der Waals surface area contributed by atoms with E-state index in [1.807, 2.05) is 18.2 Å². The summed E-state index contributed by atoms with van der Waals surface area (Å²) in [6.07, 6.45) is 1.37. The van der Waals surface area contributed by atoms with Crippen molar-refractivity contribution in [3.05, 3.63) is 34.9 Å². The van der Waals surface area contributed by atoms with Crippen LogP contribution in [0.5, 0.6) is 0 Å². The monoisotopic (exact) mass is 237 g/mol. The van der Waals surface area contributed by atoms with Crippen LogP contribution in [-0.2, 0) is 4.79 Å². The number of benzene rings is 1. The van der Waals surface area contributed by atoms with Crippen LogP contribution < -0.4 is 0 Å². The Balaban J connectivity index is 2.07. The van der Waals surface area contributed by atoms with E-state index in [1.54, 1.807) is 0 Å². The average Bonchev–Trinajstić information content (AvgIpc) is 2.29. The highest BCUT2D eigenvalue weighted by atomic mass is 35.5. The molecule has 1 saturated heterocycles. The predicted molar refractivity (Wildman–Crippen MR) is 65.7 cm³/mol. The number of halogens is 1. The van der Waals surface area contributed by atoms with Gasteiger partial charge >= 0.3 is 0 Å². The van der Waals surface area contributed by atoms with Crippen LogP contribution in [-0.4, -0.2) is 23.8 Å². The molecule has 2 nitrogen and oxygen atoms in total. The van der Waals surface area contributed by atoms with Gasteiger partial charge in [-0.2, -0.15) is 0 Å². The van der Waals surface area contributed by atoms with Crippen molar-refractivity contribution < 1.29 is 4.79 Å². The molecule has 1 aromatic carbocycles. The molecule has 0 amide bonds. The fraction of sp³-hybridized carbons (Fsp3) is 0.462. The van der Waals surface area contributed by atoms with Crippen LogP contribution in [0.2, 0.25) is 5.02 Å². The van der Waals surface area contributed by atoms with Gasteiger partial charge in [-0.3, -0.25) is 9.69 Å². The lowest BCUT2D eigenvalue weighted by molar-refractivity contribution is -0.121. The first kappa shape index (κ1) is 11.6. The van der Waals surface area contributed by atoms with E-state index in [4.69, 9.17) is 11.6 Å². The molecule has 0 N–H and O–H groups in total. The van der Waals surface area contributed by atoms with Gasteiger partial charge in [-0.25, -0.2) is 0 Å². The maximum Gasteiger partial charge on any atom is 0.135 e. The molecule has 1 aliphatic rings. The van der Waals surface area contributed by atoms with Gasteiger partial charge < -0.3 is 0 Å². The predicted octanol–water partition coefficient (Wildman–Crippen LogP) is 3.07. The van der Waals surface area contributed by atoms with Crippen molar-refractivity contribution in [3.8, 4) is 0 Å². The molecule has 0 radical (unpaired) electrons. The quantitative estimate of drug-likeness (QED) is 0.788. The topological polar surface area (TPSA) is 20.3 Å². The number of hydrogen-bond donors (Lipinski definition) is 0. The Kier molecular flexibility index (Phi) is 3.62. The third kappa shape index (κ3) is 2.63. The van der Waals surface area contributed by atoms with E-state index >= 15 is 0 Å². The van der Waals surface area contributed by atoms with Gasteiger partial charge in [0.25, 0.3) is 0 Å². The SMILES string of the molecule is CC(c1cccc(Cl)c1)N1CCC(=O)CC1. The van der Waals surface area contributed by atoms with Crippen LogP contribution in [0.4, 0.5) is 0 Å². The highest BCUT2D eigenvalue weighted by Gasteiger charge is 2.21. The molecule has 0 aliphatic carbocycles. The Morgan fingerprint density at radius 3 is 2.62 bits per heavy atom. The molecule has 0 saturated carbocycles. The van der Waals surface area contributed by atoms with Gasteiger partial charge in [0, 0.05) is 37.0 Å². The molecule has 86 valence electrons. The minimum atomic E-state index is 0.340. The lowest BCUT2D eigenvalue weighted by Gasteiger charge is -2.32. The Hall–Kier alpha value is -0.860. The van der Waals surface area contributed by atoms with Crippen LogP contribution in [0.15, 0.2) is 24.3 Å². The van der Waals surface area contributed by atoms with Crippen LogP contribution in [0.1, 0.15) is 31.4 Å². The lowest BCUT2D eigenvalue weighted by atomic mass is 10.0. The number of nitrogens with zero attached hydrogens (tertiary/aromatic N) is 1. The zero-order valence-corrected chi connectivity index (χ0v) is 10.2. The Labute approximate surface area is 101 Å². The summed E-state index contributed by atoms with van der Waals surface area (Å²) in [5, 5.41) is 0.775. The minimum Gasteiger partial charge on any atom is -0.300 e. The molecular weight excluding hydrogens is 222 g/mol. The van der Waals surface area contributed by atoms with Crippen molar-refractivity contribution >= 4 is 17.4 Å². The number of carbonyl (C=O) groups excluding carboxylic acids is 1. The fourth-order valence-electron chi connectivity index (χ4n) is 2.14. The summed E-state index contributed by atoms with van der Waals surface area (Å²) in [4.78, 5) is 13.5. The van der Waals surface area contributed by atoms with Crippen molar-refractivity contribution in [2.75, 3.05) is 13.1 Å². The molecule has 0 aromatic heterocycles. The summed E-state index contributed by atoms with van der Waals surface area (Å²) < 4.78 is 0. The van der Waals surface area contributed by atoms with E-state index in [2.05, 4.69) is 17.9 Å². The van der Waals surface area contributed by atoms with Gasteiger partial charge in [0.15, 0.2) is 0 Å². The fourth-order valence-corrected chi connectivity index (χ4v) is 2.34. The first-order valence-electron chi connectivity index (χ1n) is 5.68. The minimum absolute atomic E-state index is 0.340. The van der Waals surface area contributed by atoms with Crippen molar-refractivity contribution in [1.82, 2.24) is 4.90 Å². The Morgan fingerprint density at radius 2 is 2.00 bits per heavy atom. The number of rotatable bonds is 2. The van der Waals surface area contributed by atoms with Crippen LogP contribution in [0, 0.1) is 0 Å².